The van der Waals surface area contributed by atoms with E-state index in [2.05, 4.69) is 52.7 Å². The second kappa shape index (κ2) is 7.90. The van der Waals surface area contributed by atoms with Crippen molar-refractivity contribution in [3.8, 4) is 0 Å². The second-order valence-electron chi connectivity index (χ2n) is 6.61. The van der Waals surface area contributed by atoms with Crippen LogP contribution in [0.25, 0.3) is 0 Å². The van der Waals surface area contributed by atoms with Gasteiger partial charge in [0.05, 0.1) is 6.54 Å². The van der Waals surface area contributed by atoms with Crippen molar-refractivity contribution in [2.24, 2.45) is 11.8 Å². The van der Waals surface area contributed by atoms with E-state index in [9.17, 15) is 0 Å². The molecule has 1 saturated heterocycles. The molecule has 0 aromatic carbocycles. The molecule has 2 heterocycles. The van der Waals surface area contributed by atoms with Crippen LogP contribution in [0.15, 0.2) is 6.33 Å². The number of rotatable bonds is 7. The molecule has 0 aliphatic carbocycles. The average molecular weight is 293 g/mol. The van der Waals surface area contributed by atoms with E-state index >= 15 is 0 Å². The molecule has 1 aromatic heterocycles. The number of nitrogens with one attached hydrogen (secondary N) is 1. The first-order valence-corrected chi connectivity index (χ1v) is 8.46. The van der Waals surface area contributed by atoms with Crippen LogP contribution in [0.1, 0.15) is 46.4 Å². The van der Waals surface area contributed by atoms with Crippen molar-refractivity contribution in [1.29, 1.82) is 0 Å². The predicted molar refractivity (Wildman–Crippen MR) is 86.0 cm³/mol. The Morgan fingerprint density at radius 1 is 1.38 bits per heavy atom. The molecule has 0 spiro atoms. The minimum Gasteiger partial charge on any atom is -0.314 e. The molecule has 2 unspecified atom stereocenters. The summed E-state index contributed by atoms with van der Waals surface area (Å²) in [5.74, 6) is 2.47. The molecule has 0 bridgehead atoms. The first-order valence-electron chi connectivity index (χ1n) is 8.46. The Morgan fingerprint density at radius 2 is 2.19 bits per heavy atom. The summed E-state index contributed by atoms with van der Waals surface area (Å²) in [5.41, 5.74) is 0. The predicted octanol–water partition coefficient (Wildman–Crippen LogP) is 2.14. The van der Waals surface area contributed by atoms with Crippen LogP contribution in [0.3, 0.4) is 0 Å². The van der Waals surface area contributed by atoms with Gasteiger partial charge in [-0.3, -0.25) is 4.90 Å². The first kappa shape index (κ1) is 16.4. The van der Waals surface area contributed by atoms with Crippen LogP contribution in [-0.2, 0) is 13.1 Å². The largest absolute Gasteiger partial charge is 0.314 e. The van der Waals surface area contributed by atoms with E-state index in [-0.39, 0.29) is 0 Å². The first-order chi connectivity index (χ1) is 10.1. The van der Waals surface area contributed by atoms with Crippen LogP contribution >= 0.6 is 0 Å². The van der Waals surface area contributed by atoms with Crippen molar-refractivity contribution in [1.82, 2.24) is 25.0 Å². The zero-order valence-corrected chi connectivity index (χ0v) is 14.0. The maximum atomic E-state index is 4.46. The summed E-state index contributed by atoms with van der Waals surface area (Å²) in [6.45, 7) is 14.2. The number of nitrogens with zero attached hydrogens (tertiary/aromatic N) is 4. The molecule has 1 N–H and O–H groups in total. The molecular formula is C16H31N5. The molecule has 1 aliphatic heterocycles. The van der Waals surface area contributed by atoms with Gasteiger partial charge in [-0.05, 0) is 24.8 Å². The Bertz CT molecular complexity index is 415. The molecule has 2 atom stereocenters. The van der Waals surface area contributed by atoms with Gasteiger partial charge in [-0.2, -0.15) is 5.10 Å². The highest BCUT2D eigenvalue weighted by Gasteiger charge is 2.28. The van der Waals surface area contributed by atoms with Crippen LogP contribution in [0.4, 0.5) is 0 Å². The van der Waals surface area contributed by atoms with Gasteiger partial charge in [-0.1, -0.05) is 34.1 Å². The highest BCUT2D eigenvalue weighted by Crippen LogP contribution is 2.21. The molecule has 2 rings (SSSR count). The van der Waals surface area contributed by atoms with Gasteiger partial charge >= 0.3 is 0 Å². The number of aromatic nitrogens is 3. The van der Waals surface area contributed by atoms with Crippen LogP contribution in [0, 0.1) is 11.8 Å². The van der Waals surface area contributed by atoms with Crippen LogP contribution < -0.4 is 5.32 Å². The molecule has 120 valence electrons. The molecular weight excluding hydrogens is 262 g/mol. The number of hydrogen-bond acceptors (Lipinski definition) is 4. The summed E-state index contributed by atoms with van der Waals surface area (Å²) in [4.78, 5) is 7.01. The summed E-state index contributed by atoms with van der Waals surface area (Å²) in [6.07, 6.45) is 4.18. The van der Waals surface area contributed by atoms with Gasteiger partial charge in [0.1, 0.15) is 12.2 Å². The van der Waals surface area contributed by atoms with E-state index in [1.54, 1.807) is 6.33 Å². The fourth-order valence-electron chi connectivity index (χ4n) is 3.30. The highest BCUT2D eigenvalue weighted by molar-refractivity contribution is 4.90. The summed E-state index contributed by atoms with van der Waals surface area (Å²) in [7, 11) is 0. The van der Waals surface area contributed by atoms with Gasteiger partial charge in [0.25, 0.3) is 0 Å². The fraction of sp³-hybridized carbons (Fsp3) is 0.875. The van der Waals surface area contributed by atoms with E-state index in [1.165, 1.54) is 19.4 Å². The number of piperidine rings is 1. The zero-order chi connectivity index (χ0) is 15.2. The van der Waals surface area contributed by atoms with Crippen LogP contribution in [0.2, 0.25) is 0 Å². The lowest BCUT2D eigenvalue weighted by molar-refractivity contribution is 0.125. The maximum absolute atomic E-state index is 4.46. The third kappa shape index (κ3) is 4.51. The molecule has 5 heteroatoms. The zero-order valence-electron chi connectivity index (χ0n) is 14.0. The molecule has 0 radical (unpaired) electrons. The van der Waals surface area contributed by atoms with Crippen molar-refractivity contribution < 1.29 is 0 Å². The van der Waals surface area contributed by atoms with Crippen molar-refractivity contribution in [3.63, 3.8) is 0 Å². The smallest absolute Gasteiger partial charge is 0.141 e. The molecule has 1 fully saturated rings. The van der Waals surface area contributed by atoms with Gasteiger partial charge in [0.15, 0.2) is 0 Å². The van der Waals surface area contributed by atoms with E-state index in [1.807, 2.05) is 0 Å². The lowest BCUT2D eigenvalue weighted by atomic mass is 9.90. The number of hydrogen-bond donors (Lipinski definition) is 1. The Morgan fingerprint density at radius 3 is 2.86 bits per heavy atom. The highest BCUT2D eigenvalue weighted by atomic mass is 15.3. The quantitative estimate of drug-likeness (QED) is 0.837. The Labute approximate surface area is 129 Å². The Hall–Kier alpha value is -0.940. The van der Waals surface area contributed by atoms with Gasteiger partial charge < -0.3 is 5.32 Å². The Kier molecular flexibility index (Phi) is 6.18. The van der Waals surface area contributed by atoms with Crippen molar-refractivity contribution >= 4 is 0 Å². The summed E-state index contributed by atoms with van der Waals surface area (Å²) >= 11 is 0. The molecule has 5 nitrogen and oxygen atoms in total. The van der Waals surface area contributed by atoms with E-state index in [0.29, 0.717) is 12.0 Å². The average Bonchev–Trinajstić information content (AvgIpc) is 2.87. The molecule has 1 aromatic rings. The van der Waals surface area contributed by atoms with E-state index < -0.39 is 0 Å². The van der Waals surface area contributed by atoms with Crippen molar-refractivity contribution in [3.05, 3.63) is 12.2 Å². The molecule has 0 amide bonds. The molecule has 1 aliphatic rings. The monoisotopic (exact) mass is 293 g/mol. The molecule has 0 saturated carbocycles. The fourth-order valence-corrected chi connectivity index (χ4v) is 3.30. The summed E-state index contributed by atoms with van der Waals surface area (Å²) in [6, 6.07) is 0.685. The third-order valence-electron chi connectivity index (χ3n) is 4.41. The standard InChI is InChI=1S/C16H31N5/c1-5-14-10-20(8-7-15(14)17-6-2)11-16-18-12-19-21(16)9-13(3)4/h12-15,17H,5-11H2,1-4H3. The van der Waals surface area contributed by atoms with E-state index in [0.717, 1.165) is 37.9 Å². The van der Waals surface area contributed by atoms with Gasteiger partial charge in [-0.25, -0.2) is 9.67 Å². The maximum Gasteiger partial charge on any atom is 0.141 e. The minimum atomic E-state index is 0.605. The topological polar surface area (TPSA) is 46.0 Å². The third-order valence-corrected chi connectivity index (χ3v) is 4.41. The van der Waals surface area contributed by atoms with Crippen molar-refractivity contribution in [2.45, 2.75) is 59.7 Å². The molecule has 21 heavy (non-hydrogen) atoms. The summed E-state index contributed by atoms with van der Waals surface area (Å²) in [5, 5.41) is 8.01. The van der Waals surface area contributed by atoms with E-state index in [4.69, 9.17) is 0 Å². The Balaban J connectivity index is 1.93. The van der Waals surface area contributed by atoms with Crippen molar-refractivity contribution in [2.75, 3.05) is 19.6 Å². The van der Waals surface area contributed by atoms with Gasteiger partial charge in [-0.15, -0.1) is 0 Å². The summed E-state index contributed by atoms with van der Waals surface area (Å²) < 4.78 is 2.07. The minimum absolute atomic E-state index is 0.605. The van der Waals surface area contributed by atoms with Crippen LogP contribution in [-0.4, -0.2) is 45.3 Å². The number of likely N-dealkylation sites (tertiary alicyclic amines) is 1. The van der Waals surface area contributed by atoms with Gasteiger partial charge in [0, 0.05) is 25.7 Å². The lowest BCUT2D eigenvalue weighted by Gasteiger charge is -2.38. The SMILES string of the molecule is CCNC1CCN(Cc2ncnn2CC(C)C)CC1CC. The normalized spacial score (nSPS) is 23.9. The lowest BCUT2D eigenvalue weighted by Crippen LogP contribution is -2.49. The van der Waals surface area contributed by atoms with Gasteiger partial charge in [0.2, 0.25) is 0 Å². The second-order valence-corrected chi connectivity index (χ2v) is 6.61. The van der Waals surface area contributed by atoms with Crippen LogP contribution in [0.5, 0.6) is 0 Å².